The summed E-state index contributed by atoms with van der Waals surface area (Å²) in [7, 11) is 0. The van der Waals surface area contributed by atoms with Crippen molar-refractivity contribution in [3.63, 3.8) is 0 Å². The predicted octanol–water partition coefficient (Wildman–Crippen LogP) is 9.18. The van der Waals surface area contributed by atoms with Gasteiger partial charge in [-0.2, -0.15) is 0 Å². The fraction of sp³-hybridized carbons (Fsp3) is 0.359. The number of H-pyrrole nitrogens is 1. The van der Waals surface area contributed by atoms with Crippen molar-refractivity contribution >= 4 is 5.57 Å². The number of aromatic amines is 1. The van der Waals surface area contributed by atoms with Crippen LogP contribution in [0.15, 0.2) is 131 Å². The van der Waals surface area contributed by atoms with Crippen LogP contribution in [-0.2, 0) is 0 Å². The minimum atomic E-state index is 0.345. The number of allylic oxidation sites excluding steroid dienone is 12. The average Bonchev–Trinajstić information content (AvgIpc) is 3.32. The third kappa shape index (κ3) is 9.37. The van der Waals surface area contributed by atoms with Gasteiger partial charge in [-0.1, -0.05) is 82.7 Å². The SMILES string of the molecule is C=C1CCC(CC=CC(C)CNC(=C)C(=C)/C(C)=C(/C(=C)NCC2=CC=C(C(=C)C)C(C)=CC2)c2cnc(C)[nH]2)=C(CC)N1. The van der Waals surface area contributed by atoms with Gasteiger partial charge in [0.1, 0.15) is 5.82 Å². The summed E-state index contributed by atoms with van der Waals surface area (Å²) in [4.78, 5) is 7.84. The molecule has 0 aromatic carbocycles. The molecule has 0 saturated heterocycles. The molecule has 1 aromatic heterocycles. The number of aromatic nitrogens is 2. The molecular weight excluding hydrogens is 538 g/mol. The molecule has 1 unspecified atom stereocenters. The van der Waals surface area contributed by atoms with Crippen LogP contribution >= 0.6 is 0 Å². The highest BCUT2D eigenvalue weighted by molar-refractivity contribution is 5.82. The third-order valence-electron chi connectivity index (χ3n) is 8.34. The van der Waals surface area contributed by atoms with Crippen molar-refractivity contribution in [2.45, 2.75) is 73.6 Å². The standard InChI is InChI=1S/C39H53N5/c1-12-37-35(20-17-28(6)43-37)15-13-14-26(4)22-40-31(9)29(7)30(8)39(38-24-42-33(11)44-38)32(10)41-23-34-18-16-27(5)36(21-19-34)25(2)3/h13-14,16,19,21,24,26,40-41,43H,2,6-7,9-10,12,15,17-18,20,22-23H2,1,3-5,8,11H3,(H,42,44)/b14-13?,39-30-. The summed E-state index contributed by atoms with van der Waals surface area (Å²) in [5.74, 6) is 1.19. The number of rotatable bonds is 15. The highest BCUT2D eigenvalue weighted by Crippen LogP contribution is 2.30. The lowest BCUT2D eigenvalue weighted by atomic mass is 9.96. The van der Waals surface area contributed by atoms with Gasteiger partial charge in [-0.05, 0) is 99.2 Å². The van der Waals surface area contributed by atoms with Crippen LogP contribution in [0.25, 0.3) is 5.57 Å². The van der Waals surface area contributed by atoms with E-state index >= 15 is 0 Å². The number of aryl methyl sites for hydroxylation is 1. The van der Waals surface area contributed by atoms with Gasteiger partial charge < -0.3 is 20.9 Å². The van der Waals surface area contributed by atoms with E-state index in [2.05, 4.69) is 124 Å². The monoisotopic (exact) mass is 591 g/mol. The summed E-state index contributed by atoms with van der Waals surface area (Å²) in [6.45, 7) is 35.5. The Balaban J connectivity index is 1.67. The summed E-state index contributed by atoms with van der Waals surface area (Å²) in [5, 5.41) is 10.6. The molecule has 1 atom stereocenters. The summed E-state index contributed by atoms with van der Waals surface area (Å²) in [5.41, 5.74) is 14.1. The molecule has 44 heavy (non-hydrogen) atoms. The molecule has 0 amide bonds. The first-order valence-corrected chi connectivity index (χ1v) is 15.7. The Labute approximate surface area is 266 Å². The smallest absolute Gasteiger partial charge is 0.103 e. The topological polar surface area (TPSA) is 64.8 Å². The Bertz CT molecular complexity index is 1490. The number of hydrogen-bond acceptors (Lipinski definition) is 4. The second-order valence-electron chi connectivity index (χ2n) is 12.1. The Morgan fingerprint density at radius 2 is 1.82 bits per heavy atom. The molecule has 3 rings (SSSR count). The number of imidazole rings is 1. The van der Waals surface area contributed by atoms with Gasteiger partial charge in [-0.3, -0.25) is 0 Å². The molecule has 234 valence electrons. The molecule has 0 spiro atoms. The zero-order valence-electron chi connectivity index (χ0n) is 28.0. The Hall–Kier alpha value is -4.25. The van der Waals surface area contributed by atoms with E-state index in [1.54, 1.807) is 0 Å². The van der Waals surface area contributed by atoms with Crippen LogP contribution in [0.3, 0.4) is 0 Å². The highest BCUT2D eigenvalue weighted by atomic mass is 14.9. The predicted molar refractivity (Wildman–Crippen MR) is 190 cm³/mol. The minimum Gasteiger partial charge on any atom is -0.384 e. The molecule has 5 heteroatoms. The van der Waals surface area contributed by atoms with E-state index in [4.69, 9.17) is 0 Å². The van der Waals surface area contributed by atoms with E-state index in [1.807, 2.05) is 13.1 Å². The van der Waals surface area contributed by atoms with Gasteiger partial charge in [-0.25, -0.2) is 4.98 Å². The molecular formula is C39H53N5. The molecule has 1 aliphatic heterocycles. The lowest BCUT2D eigenvalue weighted by molar-refractivity contribution is 0.653. The lowest BCUT2D eigenvalue weighted by Gasteiger charge is -2.23. The van der Waals surface area contributed by atoms with Gasteiger partial charge in [0.05, 0.1) is 11.9 Å². The van der Waals surface area contributed by atoms with Crippen molar-refractivity contribution in [2.75, 3.05) is 13.1 Å². The average molecular weight is 592 g/mol. The third-order valence-corrected chi connectivity index (χ3v) is 8.34. The first kappa shape index (κ1) is 34.2. The molecule has 0 saturated carbocycles. The van der Waals surface area contributed by atoms with Crippen molar-refractivity contribution in [1.82, 2.24) is 25.9 Å². The van der Waals surface area contributed by atoms with Gasteiger partial charge in [0.25, 0.3) is 0 Å². The second kappa shape index (κ2) is 16.0. The van der Waals surface area contributed by atoms with Gasteiger partial charge in [0.2, 0.25) is 0 Å². The summed E-state index contributed by atoms with van der Waals surface area (Å²) >= 11 is 0. The van der Waals surface area contributed by atoms with Crippen LogP contribution in [0.4, 0.5) is 0 Å². The highest BCUT2D eigenvalue weighted by Gasteiger charge is 2.17. The summed E-state index contributed by atoms with van der Waals surface area (Å²) in [6.07, 6.45) is 18.0. The van der Waals surface area contributed by atoms with E-state index in [0.29, 0.717) is 12.5 Å². The molecule has 1 aromatic rings. The van der Waals surface area contributed by atoms with Crippen LogP contribution in [0.2, 0.25) is 0 Å². The first-order valence-electron chi connectivity index (χ1n) is 15.7. The number of nitrogens with zero attached hydrogens (tertiary/aromatic N) is 1. The van der Waals surface area contributed by atoms with E-state index in [0.717, 1.165) is 89.6 Å². The Morgan fingerprint density at radius 1 is 1.07 bits per heavy atom. The van der Waals surface area contributed by atoms with Crippen molar-refractivity contribution in [3.8, 4) is 0 Å². The maximum absolute atomic E-state index is 4.46. The van der Waals surface area contributed by atoms with Crippen LogP contribution in [0.1, 0.15) is 78.2 Å². The largest absolute Gasteiger partial charge is 0.384 e. The van der Waals surface area contributed by atoms with Crippen LogP contribution in [-0.4, -0.2) is 23.1 Å². The first-order chi connectivity index (χ1) is 20.9. The van der Waals surface area contributed by atoms with Crippen LogP contribution in [0, 0.1) is 12.8 Å². The normalized spacial score (nSPS) is 16.7. The number of hydrogen-bond donors (Lipinski definition) is 4. The fourth-order valence-corrected chi connectivity index (χ4v) is 5.51. The van der Waals surface area contributed by atoms with E-state index in [9.17, 15) is 0 Å². The molecule has 1 aliphatic carbocycles. The zero-order chi connectivity index (χ0) is 32.4. The minimum absolute atomic E-state index is 0.345. The van der Waals surface area contributed by atoms with Crippen molar-refractivity contribution < 1.29 is 0 Å². The quantitative estimate of drug-likeness (QED) is 0.121. The van der Waals surface area contributed by atoms with Crippen molar-refractivity contribution in [3.05, 3.63) is 143 Å². The molecule has 0 bridgehead atoms. The van der Waals surface area contributed by atoms with Gasteiger partial charge in [-0.15, -0.1) is 0 Å². The fourth-order valence-electron chi connectivity index (χ4n) is 5.51. The van der Waals surface area contributed by atoms with Gasteiger partial charge in [0, 0.05) is 41.5 Å². The second-order valence-corrected chi connectivity index (χ2v) is 12.1. The van der Waals surface area contributed by atoms with Crippen LogP contribution < -0.4 is 16.0 Å². The maximum atomic E-state index is 4.46. The van der Waals surface area contributed by atoms with Gasteiger partial charge in [0.15, 0.2) is 0 Å². The Kier molecular flexibility index (Phi) is 12.5. The summed E-state index contributed by atoms with van der Waals surface area (Å²) in [6, 6.07) is 0. The molecule has 2 aliphatic rings. The van der Waals surface area contributed by atoms with E-state index in [-0.39, 0.29) is 0 Å². The maximum Gasteiger partial charge on any atom is 0.103 e. The lowest BCUT2D eigenvalue weighted by Crippen LogP contribution is -2.21. The molecule has 5 nitrogen and oxygen atoms in total. The Morgan fingerprint density at radius 3 is 2.48 bits per heavy atom. The van der Waals surface area contributed by atoms with Gasteiger partial charge >= 0.3 is 0 Å². The zero-order valence-corrected chi connectivity index (χ0v) is 28.0. The molecule has 2 heterocycles. The molecule has 4 N–H and O–H groups in total. The number of nitrogens with one attached hydrogen (secondary N) is 4. The molecule has 0 fully saturated rings. The van der Waals surface area contributed by atoms with E-state index < -0.39 is 0 Å². The van der Waals surface area contributed by atoms with Crippen molar-refractivity contribution in [2.24, 2.45) is 5.92 Å². The van der Waals surface area contributed by atoms with E-state index in [1.165, 1.54) is 28.0 Å². The van der Waals surface area contributed by atoms with Crippen molar-refractivity contribution in [1.29, 1.82) is 0 Å². The summed E-state index contributed by atoms with van der Waals surface area (Å²) < 4.78 is 0. The van der Waals surface area contributed by atoms with Crippen LogP contribution in [0.5, 0.6) is 0 Å². The molecule has 0 radical (unpaired) electrons.